The van der Waals surface area contributed by atoms with Crippen LogP contribution in [0.2, 0.25) is 0 Å². The van der Waals surface area contributed by atoms with Gasteiger partial charge in [0.05, 0.1) is 0 Å². The molecule has 1 amide bonds. The van der Waals surface area contributed by atoms with Gasteiger partial charge in [0.2, 0.25) is 0 Å². The molecule has 3 N–H and O–H groups in total. The van der Waals surface area contributed by atoms with Crippen molar-refractivity contribution in [1.29, 1.82) is 0 Å². The third-order valence-corrected chi connectivity index (χ3v) is 4.49. The number of hydrogen-bond acceptors (Lipinski definition) is 5. The molecule has 1 aliphatic rings. The first kappa shape index (κ1) is 27.2. The maximum Gasteiger partial charge on any atom is 0.407 e. The molecule has 2 heterocycles. The predicted octanol–water partition coefficient (Wildman–Crippen LogP) is 1.86. The third-order valence-electron chi connectivity index (χ3n) is 4.49. The Morgan fingerprint density at radius 3 is 2.58 bits per heavy atom. The van der Waals surface area contributed by atoms with Crippen LogP contribution in [0.4, 0.5) is 4.79 Å². The van der Waals surface area contributed by atoms with Gasteiger partial charge >= 0.3 is 11.8 Å². The third kappa shape index (κ3) is 9.92. The van der Waals surface area contributed by atoms with Gasteiger partial charge in [0, 0.05) is 45.7 Å². The fourth-order valence-electron chi connectivity index (χ4n) is 3.15. The van der Waals surface area contributed by atoms with Gasteiger partial charge in [-0.05, 0) is 53.4 Å². The van der Waals surface area contributed by atoms with Crippen LogP contribution in [0.5, 0.6) is 0 Å². The number of carbonyl (C=O) groups excluding carboxylic acids is 1. The largest absolute Gasteiger partial charge is 0.444 e. The van der Waals surface area contributed by atoms with Crippen molar-refractivity contribution in [1.82, 2.24) is 30.3 Å². The van der Waals surface area contributed by atoms with Crippen molar-refractivity contribution in [2.75, 3.05) is 26.2 Å². The second-order valence-corrected chi connectivity index (χ2v) is 8.35. The lowest BCUT2D eigenvalue weighted by atomic mass is 10.2. The normalized spacial score (nSPS) is 13.7. The summed E-state index contributed by atoms with van der Waals surface area (Å²) in [5, 5.41) is 13.6. The first-order valence-corrected chi connectivity index (χ1v) is 11.0. The molecule has 0 spiro atoms. The lowest BCUT2D eigenvalue weighted by molar-refractivity contribution is 0.0527. The van der Waals surface area contributed by atoms with Gasteiger partial charge in [-0.2, -0.15) is 5.10 Å². The van der Waals surface area contributed by atoms with Gasteiger partial charge in [-0.3, -0.25) is 9.56 Å². The minimum atomic E-state index is -0.492. The van der Waals surface area contributed by atoms with Gasteiger partial charge in [-0.1, -0.05) is 0 Å². The molecule has 1 aromatic heterocycles. The number of nitrogens with one attached hydrogen (secondary N) is 3. The van der Waals surface area contributed by atoms with E-state index in [0.717, 1.165) is 57.0 Å². The molecule has 0 aromatic carbocycles. The molecular formula is C20H38IN7O3. The summed E-state index contributed by atoms with van der Waals surface area (Å²) in [5.41, 5.74) is -0.495. The van der Waals surface area contributed by atoms with E-state index in [-0.39, 0.29) is 29.7 Å². The topological polar surface area (TPSA) is 115 Å². The Kier molecular flexibility index (Phi) is 11.9. The SMILES string of the molecule is CCNC(=NCCCn1nc2n(c1=O)CCCC2)NCCCNC(=O)OC(C)(C)C.I. The summed E-state index contributed by atoms with van der Waals surface area (Å²) in [6.07, 6.45) is 4.13. The van der Waals surface area contributed by atoms with Crippen LogP contribution >= 0.6 is 24.0 Å². The summed E-state index contributed by atoms with van der Waals surface area (Å²) in [6.45, 7) is 11.4. The van der Waals surface area contributed by atoms with Crippen LogP contribution in [0.3, 0.4) is 0 Å². The van der Waals surface area contributed by atoms with Gasteiger partial charge in [-0.15, -0.1) is 24.0 Å². The van der Waals surface area contributed by atoms with Crippen LogP contribution < -0.4 is 21.6 Å². The summed E-state index contributed by atoms with van der Waals surface area (Å²) in [4.78, 5) is 28.5. The summed E-state index contributed by atoms with van der Waals surface area (Å²) in [7, 11) is 0. The summed E-state index contributed by atoms with van der Waals surface area (Å²) in [6, 6.07) is 0. The van der Waals surface area contributed by atoms with E-state index in [4.69, 9.17) is 4.74 Å². The van der Waals surface area contributed by atoms with E-state index < -0.39 is 11.7 Å². The van der Waals surface area contributed by atoms with Crippen molar-refractivity contribution in [2.24, 2.45) is 4.99 Å². The number of fused-ring (bicyclic) bond motifs is 1. The molecule has 0 bridgehead atoms. The number of ether oxygens (including phenoxy) is 1. The number of alkyl carbamates (subject to hydrolysis) is 1. The minimum absolute atomic E-state index is 0. The van der Waals surface area contributed by atoms with Crippen molar-refractivity contribution in [3.63, 3.8) is 0 Å². The number of guanidine groups is 1. The standard InChI is InChI=1S/C20H37N7O3.HI/c1-5-21-17(22-11-8-12-24-18(28)30-20(2,3)4)23-13-9-15-27-19(29)26-14-7-6-10-16(26)25-27;/h5-15H2,1-4H3,(H,24,28)(H2,21,22,23);1H. The summed E-state index contributed by atoms with van der Waals surface area (Å²) < 4.78 is 8.57. The molecule has 1 aliphatic heterocycles. The molecule has 2 rings (SSSR count). The Hall–Kier alpha value is -1.79. The van der Waals surface area contributed by atoms with E-state index in [1.807, 2.05) is 27.7 Å². The van der Waals surface area contributed by atoms with E-state index in [0.29, 0.717) is 26.2 Å². The lowest BCUT2D eigenvalue weighted by Crippen LogP contribution is -2.39. The number of aliphatic imine (C=N–C) groups is 1. The molecule has 1 aromatic rings. The van der Waals surface area contributed by atoms with Crippen molar-refractivity contribution in [2.45, 2.75) is 78.5 Å². The van der Waals surface area contributed by atoms with Crippen molar-refractivity contribution in [3.8, 4) is 0 Å². The molecule has 0 saturated heterocycles. The molecule has 0 saturated carbocycles. The predicted molar refractivity (Wildman–Crippen MR) is 132 cm³/mol. The second-order valence-electron chi connectivity index (χ2n) is 8.35. The Morgan fingerprint density at radius 1 is 1.16 bits per heavy atom. The fourth-order valence-corrected chi connectivity index (χ4v) is 3.15. The van der Waals surface area contributed by atoms with Gasteiger partial charge in [0.25, 0.3) is 0 Å². The van der Waals surface area contributed by atoms with Crippen molar-refractivity contribution in [3.05, 3.63) is 16.3 Å². The highest BCUT2D eigenvalue weighted by Gasteiger charge is 2.16. The Morgan fingerprint density at radius 2 is 1.90 bits per heavy atom. The van der Waals surface area contributed by atoms with Crippen molar-refractivity contribution < 1.29 is 9.53 Å². The van der Waals surface area contributed by atoms with Crippen LogP contribution in [0.25, 0.3) is 0 Å². The molecular weight excluding hydrogens is 513 g/mol. The van der Waals surface area contributed by atoms with Crippen LogP contribution in [0, 0.1) is 0 Å². The fraction of sp³-hybridized carbons (Fsp3) is 0.800. The Labute approximate surface area is 201 Å². The highest BCUT2D eigenvalue weighted by molar-refractivity contribution is 14.0. The average molecular weight is 551 g/mol. The molecule has 11 heteroatoms. The zero-order valence-electron chi connectivity index (χ0n) is 19.2. The molecule has 178 valence electrons. The summed E-state index contributed by atoms with van der Waals surface area (Å²) in [5.74, 6) is 1.64. The number of aromatic nitrogens is 3. The molecule has 31 heavy (non-hydrogen) atoms. The van der Waals surface area contributed by atoms with E-state index in [9.17, 15) is 9.59 Å². The lowest BCUT2D eigenvalue weighted by Gasteiger charge is -2.19. The molecule has 0 fully saturated rings. The maximum atomic E-state index is 12.3. The number of aryl methyl sites for hydroxylation is 2. The van der Waals surface area contributed by atoms with E-state index >= 15 is 0 Å². The number of halogens is 1. The molecule has 0 aliphatic carbocycles. The Balaban J connectivity index is 0.00000480. The highest BCUT2D eigenvalue weighted by atomic mass is 127. The minimum Gasteiger partial charge on any atom is -0.444 e. The quantitative estimate of drug-likeness (QED) is 0.187. The smallest absolute Gasteiger partial charge is 0.407 e. The zero-order valence-corrected chi connectivity index (χ0v) is 21.5. The number of nitrogens with zero attached hydrogens (tertiary/aromatic N) is 4. The highest BCUT2D eigenvalue weighted by Crippen LogP contribution is 2.09. The molecule has 10 nitrogen and oxygen atoms in total. The monoisotopic (exact) mass is 551 g/mol. The van der Waals surface area contributed by atoms with E-state index in [2.05, 4.69) is 26.0 Å². The zero-order chi connectivity index (χ0) is 22.0. The van der Waals surface area contributed by atoms with Crippen molar-refractivity contribution >= 4 is 36.0 Å². The molecule has 0 atom stereocenters. The van der Waals surface area contributed by atoms with Crippen LogP contribution in [-0.4, -0.2) is 58.2 Å². The van der Waals surface area contributed by atoms with E-state index in [1.54, 1.807) is 9.25 Å². The van der Waals surface area contributed by atoms with E-state index in [1.165, 1.54) is 0 Å². The number of hydrogen-bond donors (Lipinski definition) is 3. The maximum absolute atomic E-state index is 12.3. The van der Waals surface area contributed by atoms with Crippen LogP contribution in [-0.2, 0) is 24.2 Å². The first-order valence-electron chi connectivity index (χ1n) is 11.0. The van der Waals surface area contributed by atoms with Gasteiger partial charge < -0.3 is 20.7 Å². The van der Waals surface area contributed by atoms with Gasteiger partial charge in [0.1, 0.15) is 11.4 Å². The summed E-state index contributed by atoms with van der Waals surface area (Å²) >= 11 is 0. The van der Waals surface area contributed by atoms with Gasteiger partial charge in [-0.25, -0.2) is 14.3 Å². The molecule has 0 radical (unpaired) electrons. The first-order chi connectivity index (χ1) is 14.3. The van der Waals surface area contributed by atoms with Gasteiger partial charge in [0.15, 0.2) is 5.96 Å². The molecule has 0 unspecified atom stereocenters. The average Bonchev–Trinajstić information content (AvgIpc) is 2.99. The number of rotatable bonds is 9. The van der Waals surface area contributed by atoms with Crippen LogP contribution in [0.1, 0.15) is 59.2 Å². The second kappa shape index (κ2) is 13.6. The van der Waals surface area contributed by atoms with Crippen LogP contribution in [0.15, 0.2) is 9.79 Å². The Bertz CT molecular complexity index is 768. The number of carbonyl (C=O) groups is 1. The number of amides is 1.